The summed E-state index contributed by atoms with van der Waals surface area (Å²) in [5, 5.41) is 17.5. The molecule has 8 heteroatoms. The van der Waals surface area contributed by atoms with Crippen molar-refractivity contribution in [1.82, 2.24) is 9.03 Å². The van der Waals surface area contributed by atoms with Crippen LogP contribution in [0.25, 0.3) is 0 Å². The van der Waals surface area contributed by atoms with E-state index in [1.165, 1.54) is 0 Å². The van der Waals surface area contributed by atoms with Crippen LogP contribution in [0.4, 0.5) is 0 Å². The van der Waals surface area contributed by atoms with Crippen LogP contribution in [0.15, 0.2) is 0 Å². The highest BCUT2D eigenvalue weighted by molar-refractivity contribution is 7.87. The second-order valence-electron chi connectivity index (χ2n) is 4.35. The quantitative estimate of drug-likeness (QED) is 0.737. The van der Waals surface area contributed by atoms with Crippen LogP contribution in [-0.2, 0) is 15.0 Å². The summed E-state index contributed by atoms with van der Waals surface area (Å²) >= 11 is 0. The van der Waals surface area contributed by atoms with E-state index in [1.807, 2.05) is 6.07 Å². The lowest BCUT2D eigenvalue weighted by Crippen LogP contribution is -2.53. The molecular weight excluding hydrogens is 258 g/mol. The number of carbonyl (C=O) groups is 1. The van der Waals surface area contributed by atoms with E-state index in [1.54, 1.807) is 6.92 Å². The first-order valence-corrected chi connectivity index (χ1v) is 7.21. The summed E-state index contributed by atoms with van der Waals surface area (Å²) in [6.45, 7) is 1.77. The predicted molar refractivity (Wildman–Crippen MR) is 63.7 cm³/mol. The molecule has 1 heterocycles. The highest BCUT2D eigenvalue weighted by atomic mass is 32.2. The molecule has 2 atom stereocenters. The number of nitrogens with one attached hydrogen (secondary N) is 1. The molecular formula is C10H17N3O4S. The van der Waals surface area contributed by atoms with Crippen LogP contribution in [0.3, 0.4) is 0 Å². The maximum atomic E-state index is 12.0. The number of piperidine rings is 1. The Morgan fingerprint density at radius 1 is 1.61 bits per heavy atom. The molecule has 2 unspecified atom stereocenters. The van der Waals surface area contributed by atoms with Gasteiger partial charge in [0.1, 0.15) is 6.04 Å². The Kier molecular flexibility index (Phi) is 5.07. The van der Waals surface area contributed by atoms with Crippen molar-refractivity contribution in [3.63, 3.8) is 0 Å². The molecule has 0 aromatic carbocycles. The third kappa shape index (κ3) is 3.66. The molecule has 0 saturated carbocycles. The van der Waals surface area contributed by atoms with Crippen LogP contribution in [0.1, 0.15) is 32.6 Å². The Labute approximate surface area is 107 Å². The van der Waals surface area contributed by atoms with E-state index < -0.39 is 28.3 Å². The normalized spacial score (nSPS) is 23.2. The molecule has 0 amide bonds. The molecule has 1 rings (SSSR count). The van der Waals surface area contributed by atoms with Gasteiger partial charge in [-0.1, -0.05) is 0 Å². The second-order valence-corrected chi connectivity index (χ2v) is 6.00. The number of carboxylic acids is 1. The zero-order valence-electron chi connectivity index (χ0n) is 10.2. The largest absolute Gasteiger partial charge is 0.480 e. The molecule has 1 fully saturated rings. The highest BCUT2D eigenvalue weighted by Gasteiger charge is 2.37. The summed E-state index contributed by atoms with van der Waals surface area (Å²) in [5.74, 6) is -1.13. The molecule has 2 N–H and O–H groups in total. The molecule has 1 aliphatic rings. The minimum absolute atomic E-state index is 0.0464. The van der Waals surface area contributed by atoms with E-state index >= 15 is 0 Å². The minimum Gasteiger partial charge on any atom is -0.480 e. The van der Waals surface area contributed by atoms with Crippen molar-refractivity contribution in [2.45, 2.75) is 44.7 Å². The fraction of sp³-hybridized carbons (Fsp3) is 0.800. The molecule has 1 aliphatic heterocycles. The van der Waals surface area contributed by atoms with Crippen LogP contribution < -0.4 is 4.72 Å². The lowest BCUT2D eigenvalue weighted by atomic mass is 10.1. The van der Waals surface area contributed by atoms with E-state index in [9.17, 15) is 13.2 Å². The standard InChI is InChI=1S/C10H17N3O4S/c1-8(5-6-11)12-18(16,17)13-7-3-2-4-9(13)10(14)15/h8-9,12H,2-5,7H2,1H3,(H,14,15). The number of carboxylic acid groups (broad SMARTS) is 1. The zero-order valence-corrected chi connectivity index (χ0v) is 11.0. The minimum atomic E-state index is -3.85. The second kappa shape index (κ2) is 6.13. The fourth-order valence-corrected chi connectivity index (χ4v) is 3.57. The molecule has 0 spiro atoms. The van der Waals surface area contributed by atoms with Crippen LogP contribution in [-0.4, -0.2) is 42.4 Å². The molecule has 0 aromatic rings. The van der Waals surface area contributed by atoms with Crippen molar-refractivity contribution in [3.8, 4) is 6.07 Å². The van der Waals surface area contributed by atoms with E-state index in [-0.39, 0.29) is 13.0 Å². The summed E-state index contributed by atoms with van der Waals surface area (Å²) in [6, 6.07) is 0.325. The smallest absolute Gasteiger partial charge is 0.322 e. The van der Waals surface area contributed by atoms with Gasteiger partial charge >= 0.3 is 5.97 Å². The summed E-state index contributed by atoms with van der Waals surface area (Å²) in [5.41, 5.74) is 0. The number of hydrogen-bond acceptors (Lipinski definition) is 4. The molecule has 102 valence electrons. The summed E-state index contributed by atoms with van der Waals surface area (Å²) in [7, 11) is -3.85. The van der Waals surface area contributed by atoms with Crippen LogP contribution >= 0.6 is 0 Å². The molecule has 18 heavy (non-hydrogen) atoms. The van der Waals surface area contributed by atoms with Gasteiger partial charge in [-0.25, -0.2) is 0 Å². The average Bonchev–Trinajstić information content (AvgIpc) is 2.28. The first-order valence-electron chi connectivity index (χ1n) is 5.77. The summed E-state index contributed by atoms with van der Waals surface area (Å²) in [4.78, 5) is 11.0. The summed E-state index contributed by atoms with van der Waals surface area (Å²) in [6.07, 6.45) is 1.72. The predicted octanol–water partition coefficient (Wildman–Crippen LogP) is 0.0621. The maximum absolute atomic E-state index is 12.0. The average molecular weight is 275 g/mol. The van der Waals surface area contributed by atoms with Gasteiger partial charge in [-0.05, 0) is 26.2 Å². The SMILES string of the molecule is CC(CC#N)NS(=O)(=O)N1CCCCC1C(=O)O. The zero-order chi connectivity index (χ0) is 13.8. The molecule has 0 aromatic heterocycles. The van der Waals surface area contributed by atoms with Crippen molar-refractivity contribution in [3.05, 3.63) is 0 Å². The van der Waals surface area contributed by atoms with Crippen LogP contribution in [0, 0.1) is 11.3 Å². The third-order valence-corrected chi connectivity index (χ3v) is 4.55. The Balaban J connectivity index is 2.82. The molecule has 0 radical (unpaired) electrons. The van der Waals surface area contributed by atoms with Crippen LogP contribution in [0.5, 0.6) is 0 Å². The van der Waals surface area contributed by atoms with Crippen molar-refractivity contribution in [2.24, 2.45) is 0 Å². The van der Waals surface area contributed by atoms with Crippen molar-refractivity contribution >= 4 is 16.2 Å². The number of nitrogens with zero attached hydrogens (tertiary/aromatic N) is 2. The number of nitriles is 1. The fourth-order valence-electron chi connectivity index (χ4n) is 1.94. The molecule has 7 nitrogen and oxygen atoms in total. The van der Waals surface area contributed by atoms with Gasteiger partial charge < -0.3 is 5.11 Å². The van der Waals surface area contributed by atoms with Crippen molar-refractivity contribution < 1.29 is 18.3 Å². The maximum Gasteiger partial charge on any atom is 0.322 e. The van der Waals surface area contributed by atoms with Gasteiger partial charge in [0.2, 0.25) is 0 Å². The van der Waals surface area contributed by atoms with Gasteiger partial charge in [-0.15, -0.1) is 0 Å². The first-order chi connectivity index (χ1) is 8.38. The lowest BCUT2D eigenvalue weighted by Gasteiger charge is -2.32. The third-order valence-electron chi connectivity index (χ3n) is 2.80. The van der Waals surface area contributed by atoms with Crippen LogP contribution in [0.2, 0.25) is 0 Å². The van der Waals surface area contributed by atoms with Crippen molar-refractivity contribution in [1.29, 1.82) is 5.26 Å². The monoisotopic (exact) mass is 275 g/mol. The Morgan fingerprint density at radius 2 is 2.28 bits per heavy atom. The van der Waals surface area contributed by atoms with Gasteiger partial charge in [0.15, 0.2) is 0 Å². The Hall–Kier alpha value is -1.17. The molecule has 1 saturated heterocycles. The topological polar surface area (TPSA) is 111 Å². The highest BCUT2D eigenvalue weighted by Crippen LogP contribution is 2.20. The number of aliphatic carboxylic acids is 1. The van der Waals surface area contributed by atoms with E-state index in [0.717, 1.165) is 4.31 Å². The van der Waals surface area contributed by atoms with Gasteiger partial charge in [-0.3, -0.25) is 4.79 Å². The van der Waals surface area contributed by atoms with Crippen molar-refractivity contribution in [2.75, 3.05) is 6.54 Å². The lowest BCUT2D eigenvalue weighted by molar-refractivity contribution is -0.142. The summed E-state index contributed by atoms with van der Waals surface area (Å²) < 4.78 is 27.4. The number of hydrogen-bond donors (Lipinski definition) is 2. The van der Waals surface area contributed by atoms with Gasteiger partial charge in [0.05, 0.1) is 12.5 Å². The number of rotatable bonds is 5. The first kappa shape index (κ1) is 14.9. The Morgan fingerprint density at radius 3 is 2.83 bits per heavy atom. The van der Waals surface area contributed by atoms with Gasteiger partial charge in [0.25, 0.3) is 10.2 Å². The van der Waals surface area contributed by atoms with Gasteiger partial charge in [0, 0.05) is 12.6 Å². The Bertz CT molecular complexity index is 443. The van der Waals surface area contributed by atoms with E-state index in [2.05, 4.69) is 4.72 Å². The molecule has 0 bridgehead atoms. The van der Waals surface area contributed by atoms with E-state index in [0.29, 0.717) is 19.3 Å². The van der Waals surface area contributed by atoms with Gasteiger partial charge in [-0.2, -0.15) is 22.7 Å². The van der Waals surface area contributed by atoms with E-state index in [4.69, 9.17) is 10.4 Å². The molecule has 0 aliphatic carbocycles.